The van der Waals surface area contributed by atoms with Gasteiger partial charge in [0.15, 0.2) is 15.7 Å². The molecule has 0 amide bonds. The fraction of sp³-hybridized carbons (Fsp3) is 0.438. The Morgan fingerprint density at radius 1 is 1.10 bits per heavy atom. The van der Waals surface area contributed by atoms with Crippen LogP contribution in [0.2, 0.25) is 5.02 Å². The summed E-state index contributed by atoms with van der Waals surface area (Å²) in [6, 6.07) is 10.8. The molecule has 0 saturated carbocycles. The van der Waals surface area contributed by atoms with Crippen molar-refractivity contribution in [3.8, 4) is 5.75 Å². The summed E-state index contributed by atoms with van der Waals surface area (Å²) in [5.74, 6) is 1.24. The Kier molecular flexibility index (Phi) is 11.0. The van der Waals surface area contributed by atoms with Crippen LogP contribution in [0, 0.1) is 6.92 Å². The number of nitrogens with zero attached hydrogens (tertiary/aromatic N) is 2. The number of nitrogens with one attached hydrogen (secondary N) is 3. The Hall–Kier alpha value is -3.14. The zero-order chi connectivity index (χ0) is 31.2. The third-order valence-corrected chi connectivity index (χ3v) is 9.28. The zero-order valence-electron chi connectivity index (χ0n) is 26.1. The molecule has 3 rings (SSSR count). The number of aryl methyl sites for hydroxylation is 1. The first-order chi connectivity index (χ1) is 19.7. The van der Waals surface area contributed by atoms with Crippen LogP contribution in [0.3, 0.4) is 0 Å². The van der Waals surface area contributed by atoms with E-state index in [1.165, 1.54) is 11.8 Å². The fourth-order valence-corrected chi connectivity index (χ4v) is 5.72. The van der Waals surface area contributed by atoms with E-state index in [2.05, 4.69) is 65.8 Å². The van der Waals surface area contributed by atoms with E-state index < -0.39 is 15.1 Å². The van der Waals surface area contributed by atoms with Gasteiger partial charge in [-0.25, -0.2) is 13.4 Å². The minimum atomic E-state index is -3.54. The molecule has 0 spiro atoms. The molecule has 3 aromatic rings. The highest BCUT2D eigenvalue weighted by Crippen LogP contribution is 2.37. The summed E-state index contributed by atoms with van der Waals surface area (Å²) in [7, 11) is -1.58. The number of aromatic nitrogens is 2. The normalized spacial score (nSPS) is 12.6. The van der Waals surface area contributed by atoms with Gasteiger partial charge in [-0.15, -0.1) is 0 Å². The number of benzene rings is 2. The van der Waals surface area contributed by atoms with E-state index in [1.807, 2.05) is 27.0 Å². The molecule has 0 bridgehead atoms. The predicted molar refractivity (Wildman–Crippen MR) is 175 cm³/mol. The second-order valence-corrected chi connectivity index (χ2v) is 14.3. The van der Waals surface area contributed by atoms with Crippen molar-refractivity contribution in [3.63, 3.8) is 0 Å². The molecular formula is C32H44ClN5O3S. The molecule has 8 nitrogen and oxygen atoms in total. The maximum absolute atomic E-state index is 13.0. The summed E-state index contributed by atoms with van der Waals surface area (Å²) in [6.07, 6.45) is 5.65. The highest BCUT2D eigenvalue weighted by Gasteiger charge is 2.23. The molecule has 228 valence electrons. The molecule has 1 heterocycles. The average molecular weight is 614 g/mol. The molecule has 42 heavy (non-hydrogen) atoms. The fourth-order valence-electron chi connectivity index (χ4n) is 4.38. The lowest BCUT2D eigenvalue weighted by Crippen LogP contribution is -2.34. The first-order valence-electron chi connectivity index (χ1n) is 14.3. The van der Waals surface area contributed by atoms with Crippen LogP contribution in [0.1, 0.15) is 72.4 Å². The average Bonchev–Trinajstić information content (AvgIpc) is 2.91. The summed E-state index contributed by atoms with van der Waals surface area (Å²) < 4.78 is 32.2. The van der Waals surface area contributed by atoms with Gasteiger partial charge in [0.2, 0.25) is 5.95 Å². The maximum atomic E-state index is 13.0. The van der Waals surface area contributed by atoms with Crippen LogP contribution in [0.4, 0.5) is 23.1 Å². The standard InChI is InChI=1S/C32H44ClN5O3S/c1-10-13-23(18-32(7,8)34-9)24-17-28(41-20(2)3)27(16-22(24)6)37-31-35-19-25(33)30(38-31)36-26-14-11-12-15-29(26)42(39,40)21(4)5/h11-12,14-21,34H,10,13H2,1-9H3,(H2,35,36,37,38)/b23-18+. The Morgan fingerprint density at radius 3 is 2.40 bits per heavy atom. The van der Waals surface area contributed by atoms with Gasteiger partial charge in [0.25, 0.3) is 0 Å². The van der Waals surface area contributed by atoms with Gasteiger partial charge in [0, 0.05) is 5.54 Å². The molecule has 0 aliphatic carbocycles. The van der Waals surface area contributed by atoms with Crippen LogP contribution in [0.25, 0.3) is 5.57 Å². The molecule has 0 atom stereocenters. The van der Waals surface area contributed by atoms with Crippen molar-refractivity contribution < 1.29 is 13.2 Å². The lowest BCUT2D eigenvalue weighted by Gasteiger charge is -2.24. The number of likely N-dealkylation sites (N-methyl/N-ethyl adjacent to an activating group) is 1. The largest absolute Gasteiger partial charge is 0.489 e. The second kappa shape index (κ2) is 13.9. The van der Waals surface area contributed by atoms with E-state index in [4.69, 9.17) is 16.3 Å². The number of hydrogen-bond acceptors (Lipinski definition) is 8. The van der Waals surface area contributed by atoms with Crippen molar-refractivity contribution in [2.45, 2.75) is 90.0 Å². The van der Waals surface area contributed by atoms with Gasteiger partial charge in [-0.1, -0.05) is 43.2 Å². The lowest BCUT2D eigenvalue weighted by molar-refractivity contribution is 0.243. The van der Waals surface area contributed by atoms with Crippen LogP contribution in [-0.4, -0.2) is 42.3 Å². The Balaban J connectivity index is 2.04. The molecule has 0 saturated heterocycles. The third-order valence-electron chi connectivity index (χ3n) is 6.79. The first-order valence-corrected chi connectivity index (χ1v) is 16.2. The topological polar surface area (TPSA) is 105 Å². The third kappa shape index (κ3) is 8.24. The molecule has 0 aliphatic heterocycles. The highest BCUT2D eigenvalue weighted by molar-refractivity contribution is 7.92. The molecule has 1 aromatic heterocycles. The van der Waals surface area contributed by atoms with Gasteiger partial charge in [0.05, 0.1) is 33.8 Å². The lowest BCUT2D eigenvalue weighted by atomic mass is 9.91. The minimum absolute atomic E-state index is 0.0590. The number of allylic oxidation sites excluding steroid dienone is 1. The maximum Gasteiger partial charge on any atom is 0.229 e. The quantitative estimate of drug-likeness (QED) is 0.178. The van der Waals surface area contributed by atoms with E-state index in [0.29, 0.717) is 17.1 Å². The molecule has 3 N–H and O–H groups in total. The molecule has 10 heteroatoms. The molecular weight excluding hydrogens is 570 g/mol. The summed E-state index contributed by atoms with van der Waals surface area (Å²) in [5.41, 5.74) is 4.40. The van der Waals surface area contributed by atoms with Crippen LogP contribution in [0.15, 0.2) is 53.6 Å². The number of halogens is 1. The Labute approximate surface area is 256 Å². The van der Waals surface area contributed by atoms with Crippen molar-refractivity contribution in [2.75, 3.05) is 17.7 Å². The van der Waals surface area contributed by atoms with Crippen LogP contribution in [0.5, 0.6) is 5.75 Å². The molecule has 0 aliphatic rings. The number of rotatable bonds is 13. The SMILES string of the molecule is CCC/C(=C\C(C)(C)NC)c1cc(OC(C)C)c(Nc2ncc(Cl)c(Nc3ccccc3S(=O)(=O)C(C)C)n2)cc1C. The van der Waals surface area contributed by atoms with Gasteiger partial charge in [-0.3, -0.25) is 0 Å². The second-order valence-electron chi connectivity index (χ2n) is 11.5. The highest BCUT2D eigenvalue weighted by atomic mass is 35.5. The number of hydrogen-bond donors (Lipinski definition) is 3. The number of ether oxygens (including phenoxy) is 1. The van der Waals surface area contributed by atoms with Crippen molar-refractivity contribution in [3.05, 3.63) is 64.8 Å². The van der Waals surface area contributed by atoms with Gasteiger partial charge in [0.1, 0.15) is 10.8 Å². The Bertz CT molecular complexity index is 1540. The monoisotopic (exact) mass is 613 g/mol. The minimum Gasteiger partial charge on any atom is -0.489 e. The number of sulfone groups is 1. The van der Waals surface area contributed by atoms with Crippen LogP contribution < -0.4 is 20.7 Å². The van der Waals surface area contributed by atoms with Crippen LogP contribution in [-0.2, 0) is 9.84 Å². The van der Waals surface area contributed by atoms with Crippen molar-refractivity contribution in [1.82, 2.24) is 15.3 Å². The van der Waals surface area contributed by atoms with Crippen molar-refractivity contribution >= 4 is 50.2 Å². The van der Waals surface area contributed by atoms with E-state index in [9.17, 15) is 8.42 Å². The number of anilines is 4. The van der Waals surface area contributed by atoms with Crippen molar-refractivity contribution in [1.29, 1.82) is 0 Å². The van der Waals surface area contributed by atoms with Gasteiger partial charge in [-0.05, 0) is 103 Å². The molecule has 2 aromatic carbocycles. The van der Waals surface area contributed by atoms with Gasteiger partial charge in [-0.2, -0.15) is 4.98 Å². The summed E-state index contributed by atoms with van der Waals surface area (Å²) in [4.78, 5) is 9.16. The summed E-state index contributed by atoms with van der Waals surface area (Å²) >= 11 is 6.45. The zero-order valence-corrected chi connectivity index (χ0v) is 27.7. The summed E-state index contributed by atoms with van der Waals surface area (Å²) in [6.45, 7) is 15.8. The van der Waals surface area contributed by atoms with Gasteiger partial charge < -0.3 is 20.7 Å². The summed E-state index contributed by atoms with van der Waals surface area (Å²) in [5, 5.41) is 9.44. The van der Waals surface area contributed by atoms with E-state index >= 15 is 0 Å². The first kappa shape index (κ1) is 33.4. The van der Waals surface area contributed by atoms with E-state index in [-0.39, 0.29) is 33.3 Å². The van der Waals surface area contributed by atoms with Crippen molar-refractivity contribution in [2.24, 2.45) is 0 Å². The number of para-hydroxylation sites is 1. The molecule has 0 radical (unpaired) electrons. The van der Waals surface area contributed by atoms with E-state index in [1.54, 1.807) is 38.1 Å². The predicted octanol–water partition coefficient (Wildman–Crippen LogP) is 8.08. The van der Waals surface area contributed by atoms with Gasteiger partial charge >= 0.3 is 0 Å². The Morgan fingerprint density at radius 2 is 1.79 bits per heavy atom. The van der Waals surface area contributed by atoms with Crippen LogP contribution >= 0.6 is 11.6 Å². The molecule has 0 fully saturated rings. The molecule has 0 unspecified atom stereocenters. The smallest absolute Gasteiger partial charge is 0.229 e. The van der Waals surface area contributed by atoms with E-state index in [0.717, 1.165) is 24.0 Å².